The molecule has 2 nitrogen and oxygen atoms in total. The fraction of sp³-hybridized carbons (Fsp3) is 0.500. The Balaban J connectivity index is 2.18. The molecule has 0 N–H and O–H groups in total. The van der Waals surface area contributed by atoms with E-state index in [-0.39, 0.29) is 0 Å². The van der Waals surface area contributed by atoms with Gasteiger partial charge >= 0.3 is 8.56 Å². The lowest BCUT2D eigenvalue weighted by Gasteiger charge is -2.32. The Morgan fingerprint density at radius 2 is 1.32 bits per heavy atom. The highest BCUT2D eigenvalue weighted by molar-refractivity contribution is 6.92. The van der Waals surface area contributed by atoms with Crippen molar-refractivity contribution in [2.45, 2.75) is 66.7 Å². The summed E-state index contributed by atoms with van der Waals surface area (Å²) in [5.74, 6) is 1.32. The molecule has 2 rings (SSSR count). The van der Waals surface area contributed by atoms with Gasteiger partial charge in [0.25, 0.3) is 0 Å². The lowest BCUT2D eigenvalue weighted by atomic mass is 10.0. The first-order valence-corrected chi connectivity index (χ1v) is 13.8. The van der Waals surface area contributed by atoms with E-state index < -0.39 is 8.56 Å². The Labute approximate surface area is 191 Å². The fourth-order valence-electron chi connectivity index (χ4n) is 3.77. The van der Waals surface area contributed by atoms with Gasteiger partial charge in [-0.1, -0.05) is 93.1 Å². The second-order valence-electron chi connectivity index (χ2n) is 9.33. The number of rotatable bonds is 14. The smallest absolute Gasteiger partial charge is 0.388 e. The average Bonchev–Trinajstić information content (AvgIpc) is 2.76. The summed E-state index contributed by atoms with van der Waals surface area (Å²) in [4.78, 5) is 0. The highest BCUT2D eigenvalue weighted by atomic mass is 28.4. The molecule has 3 heteroatoms. The van der Waals surface area contributed by atoms with Crippen molar-refractivity contribution in [3.8, 4) is 0 Å². The molecule has 0 aliphatic carbocycles. The number of allylic oxidation sites excluding steroid dienone is 2. The molecule has 1 unspecified atom stereocenters. The second-order valence-corrected chi connectivity index (χ2v) is 12.3. The van der Waals surface area contributed by atoms with Gasteiger partial charge in [-0.25, -0.2) is 0 Å². The van der Waals surface area contributed by atoms with Crippen LogP contribution in [0, 0.1) is 11.8 Å². The minimum Gasteiger partial charge on any atom is -0.388 e. The summed E-state index contributed by atoms with van der Waals surface area (Å²) in [6.45, 7) is 12.7. The maximum Gasteiger partial charge on any atom is 0.407 e. The molecule has 0 heterocycles. The summed E-state index contributed by atoms with van der Waals surface area (Å²) in [6, 6.07) is 21.3. The topological polar surface area (TPSA) is 18.5 Å². The van der Waals surface area contributed by atoms with Crippen LogP contribution in [-0.4, -0.2) is 21.8 Å². The molecule has 0 bridgehead atoms. The van der Waals surface area contributed by atoms with Crippen molar-refractivity contribution in [3.05, 3.63) is 72.3 Å². The highest BCUT2D eigenvalue weighted by Crippen LogP contribution is 2.17. The Kier molecular flexibility index (Phi) is 11.3. The Bertz CT molecular complexity index is 712. The molecule has 0 amide bonds. The minimum atomic E-state index is -2.75. The molecule has 0 aromatic heterocycles. The molecular formula is C28H42O2Si. The molecule has 0 spiro atoms. The van der Waals surface area contributed by atoms with E-state index >= 15 is 0 Å². The fourth-order valence-corrected chi connectivity index (χ4v) is 6.95. The van der Waals surface area contributed by atoms with E-state index in [9.17, 15) is 0 Å². The zero-order valence-corrected chi connectivity index (χ0v) is 21.3. The van der Waals surface area contributed by atoms with Crippen LogP contribution in [0.4, 0.5) is 0 Å². The van der Waals surface area contributed by atoms with Crippen LogP contribution in [0.2, 0.25) is 0 Å². The van der Waals surface area contributed by atoms with E-state index in [1.165, 1.54) is 28.8 Å². The Morgan fingerprint density at radius 1 is 0.774 bits per heavy atom. The van der Waals surface area contributed by atoms with E-state index in [1.54, 1.807) is 0 Å². The highest BCUT2D eigenvalue weighted by Gasteiger charge is 2.42. The molecule has 170 valence electrons. The van der Waals surface area contributed by atoms with Crippen molar-refractivity contribution in [2.24, 2.45) is 11.8 Å². The van der Waals surface area contributed by atoms with Crippen LogP contribution in [0.15, 0.2) is 72.3 Å². The Hall–Kier alpha value is -1.68. The number of benzene rings is 2. The lowest BCUT2D eigenvalue weighted by molar-refractivity contribution is 0.176. The van der Waals surface area contributed by atoms with Gasteiger partial charge in [-0.3, -0.25) is 0 Å². The predicted octanol–water partition coefficient (Wildman–Crippen LogP) is 6.49. The lowest BCUT2D eigenvalue weighted by Crippen LogP contribution is -2.63. The first-order chi connectivity index (χ1) is 14.9. The van der Waals surface area contributed by atoms with Crippen molar-refractivity contribution >= 4 is 18.9 Å². The van der Waals surface area contributed by atoms with Gasteiger partial charge in [-0.15, -0.1) is 0 Å². The summed E-state index contributed by atoms with van der Waals surface area (Å²) in [5, 5.41) is 2.39. The van der Waals surface area contributed by atoms with Crippen LogP contribution in [0.25, 0.3) is 0 Å². The van der Waals surface area contributed by atoms with Crippen molar-refractivity contribution in [3.63, 3.8) is 0 Å². The predicted molar refractivity (Wildman–Crippen MR) is 136 cm³/mol. The van der Waals surface area contributed by atoms with Crippen molar-refractivity contribution < 1.29 is 8.85 Å². The summed E-state index contributed by atoms with van der Waals surface area (Å²) in [6.07, 6.45) is 7.98. The van der Waals surface area contributed by atoms with Crippen molar-refractivity contribution in [1.82, 2.24) is 0 Å². The van der Waals surface area contributed by atoms with Gasteiger partial charge < -0.3 is 8.85 Å². The average molecular weight is 439 g/mol. The van der Waals surface area contributed by atoms with Crippen LogP contribution in [0.1, 0.15) is 66.7 Å². The molecule has 31 heavy (non-hydrogen) atoms. The van der Waals surface area contributed by atoms with Crippen LogP contribution in [0.5, 0.6) is 0 Å². The molecular weight excluding hydrogens is 396 g/mol. The zero-order chi connectivity index (χ0) is 22.5. The van der Waals surface area contributed by atoms with Gasteiger partial charge in [0.15, 0.2) is 0 Å². The molecule has 0 aliphatic heterocycles. The van der Waals surface area contributed by atoms with Crippen molar-refractivity contribution in [2.75, 3.05) is 13.2 Å². The van der Waals surface area contributed by atoms with Gasteiger partial charge in [-0.05, 0) is 68.2 Å². The van der Waals surface area contributed by atoms with Gasteiger partial charge in [0.2, 0.25) is 0 Å². The van der Waals surface area contributed by atoms with Gasteiger partial charge in [0, 0.05) is 13.2 Å². The quantitative estimate of drug-likeness (QED) is 0.191. The normalized spacial score (nSPS) is 12.7. The van der Waals surface area contributed by atoms with Gasteiger partial charge in [-0.2, -0.15) is 0 Å². The van der Waals surface area contributed by atoms with Crippen molar-refractivity contribution in [1.29, 1.82) is 0 Å². The summed E-state index contributed by atoms with van der Waals surface area (Å²) < 4.78 is 13.6. The van der Waals surface area contributed by atoms with E-state index in [2.05, 4.69) is 101 Å². The van der Waals surface area contributed by atoms with E-state index in [1.807, 2.05) is 0 Å². The van der Waals surface area contributed by atoms with Crippen LogP contribution in [0.3, 0.4) is 0 Å². The maximum absolute atomic E-state index is 6.81. The molecule has 0 aliphatic rings. The molecule has 0 saturated heterocycles. The maximum atomic E-state index is 6.81. The van der Waals surface area contributed by atoms with E-state index in [0.717, 1.165) is 32.5 Å². The molecule has 1 atom stereocenters. The Morgan fingerprint density at radius 3 is 1.84 bits per heavy atom. The second kappa shape index (κ2) is 13.7. The molecule has 2 aromatic rings. The SMILES string of the molecule is CC(C)=CCCC(C)CCO[Si](OCCCC(C)C)(c1ccccc1)c1ccccc1. The van der Waals surface area contributed by atoms with E-state index in [4.69, 9.17) is 8.85 Å². The van der Waals surface area contributed by atoms with Crippen LogP contribution in [-0.2, 0) is 8.85 Å². The van der Waals surface area contributed by atoms with E-state index in [0.29, 0.717) is 11.8 Å². The third-order valence-corrected chi connectivity index (χ3v) is 9.07. The third-order valence-electron chi connectivity index (χ3n) is 5.67. The molecule has 0 saturated carbocycles. The summed E-state index contributed by atoms with van der Waals surface area (Å²) >= 11 is 0. The van der Waals surface area contributed by atoms with Crippen LogP contribution < -0.4 is 10.4 Å². The third kappa shape index (κ3) is 8.76. The first-order valence-electron chi connectivity index (χ1n) is 12.0. The largest absolute Gasteiger partial charge is 0.407 e. The van der Waals surface area contributed by atoms with Gasteiger partial charge in [0.05, 0.1) is 0 Å². The van der Waals surface area contributed by atoms with Crippen LogP contribution >= 0.6 is 0 Å². The zero-order valence-electron chi connectivity index (χ0n) is 20.3. The molecule has 2 aromatic carbocycles. The van der Waals surface area contributed by atoms with Gasteiger partial charge in [0.1, 0.15) is 0 Å². The number of hydrogen-bond donors (Lipinski definition) is 0. The molecule has 0 fully saturated rings. The first kappa shape index (κ1) is 25.6. The molecule has 0 radical (unpaired) electrons. The standard InChI is InChI=1S/C28H42O2Si/c1-24(2)14-12-16-26(5)21-23-30-31(27-17-8-6-9-18-27,28-19-10-7-11-20-28)29-22-13-15-25(3)4/h6-11,14,17-20,25-26H,12-13,15-16,21-23H2,1-5H3. The minimum absolute atomic E-state index is 0.634. The monoisotopic (exact) mass is 438 g/mol. The summed E-state index contributed by atoms with van der Waals surface area (Å²) in [7, 11) is -2.75. The number of hydrogen-bond acceptors (Lipinski definition) is 2. The summed E-state index contributed by atoms with van der Waals surface area (Å²) in [5.41, 5.74) is 1.40.